The minimum Gasteiger partial charge on any atom is -0.424 e. The maximum absolute atomic E-state index is 12.4. The van der Waals surface area contributed by atoms with E-state index in [1.165, 1.54) is 23.5 Å². The van der Waals surface area contributed by atoms with E-state index in [2.05, 4.69) is 22.2 Å². The predicted octanol–water partition coefficient (Wildman–Crippen LogP) is 3.32. The second-order valence-corrected chi connectivity index (χ2v) is 8.39. The second kappa shape index (κ2) is 6.00. The fourth-order valence-electron chi connectivity index (χ4n) is 4.23. The van der Waals surface area contributed by atoms with Gasteiger partial charge in [0.15, 0.2) is 0 Å². The van der Waals surface area contributed by atoms with Crippen LogP contribution in [-0.2, 0) is 21.7 Å². The summed E-state index contributed by atoms with van der Waals surface area (Å²) < 4.78 is 12.1. The molecule has 0 atom stereocenters. The minimum absolute atomic E-state index is 0.160. The summed E-state index contributed by atoms with van der Waals surface area (Å²) in [6.45, 7) is 5.98. The summed E-state index contributed by atoms with van der Waals surface area (Å²) in [5.41, 5.74) is 2.58. The lowest BCUT2D eigenvalue weighted by Crippen LogP contribution is -2.40. The lowest BCUT2D eigenvalue weighted by Gasteiger charge is -2.38. The molecule has 0 radical (unpaired) electrons. The number of carbonyl (C=O) groups is 2. The number of benzene rings is 1. The van der Waals surface area contributed by atoms with E-state index in [0.29, 0.717) is 18.0 Å². The average molecular weight is 394 g/mol. The molecule has 2 fully saturated rings. The van der Waals surface area contributed by atoms with E-state index in [1.807, 2.05) is 12.1 Å². The van der Waals surface area contributed by atoms with Crippen LogP contribution in [0, 0.1) is 6.92 Å². The van der Waals surface area contributed by atoms with Crippen LogP contribution in [0.15, 0.2) is 24.5 Å². The van der Waals surface area contributed by atoms with Crippen molar-refractivity contribution in [2.45, 2.75) is 57.8 Å². The molecule has 1 aromatic heterocycles. The Morgan fingerprint density at radius 1 is 1.17 bits per heavy atom. The number of hydrogen-bond donors (Lipinski definition) is 1. The molecule has 1 saturated carbocycles. The molecule has 8 nitrogen and oxygen atoms in total. The van der Waals surface area contributed by atoms with Gasteiger partial charge in [0.1, 0.15) is 11.3 Å². The van der Waals surface area contributed by atoms with Crippen molar-refractivity contribution in [1.29, 1.82) is 0 Å². The Morgan fingerprint density at radius 2 is 1.90 bits per heavy atom. The van der Waals surface area contributed by atoms with Crippen LogP contribution in [0.2, 0.25) is 0 Å². The Morgan fingerprint density at radius 3 is 2.48 bits per heavy atom. The topological polar surface area (TPSA) is 93.7 Å². The van der Waals surface area contributed by atoms with Crippen LogP contribution in [-0.4, -0.2) is 27.4 Å². The van der Waals surface area contributed by atoms with Gasteiger partial charge in [-0.05, 0) is 57.2 Å². The van der Waals surface area contributed by atoms with E-state index in [0.717, 1.165) is 29.7 Å². The Bertz CT molecular complexity index is 1030. The van der Waals surface area contributed by atoms with Gasteiger partial charge >= 0.3 is 12.0 Å². The minimum atomic E-state index is -0.953. The van der Waals surface area contributed by atoms with Crippen LogP contribution in [0.1, 0.15) is 49.8 Å². The number of rotatable bonds is 3. The van der Waals surface area contributed by atoms with Gasteiger partial charge in [0.2, 0.25) is 0 Å². The summed E-state index contributed by atoms with van der Waals surface area (Å²) in [4.78, 5) is 34.1. The first-order chi connectivity index (χ1) is 13.8. The average Bonchev–Trinajstić information content (AvgIpc) is 3.15. The van der Waals surface area contributed by atoms with Crippen LogP contribution >= 0.6 is 0 Å². The van der Waals surface area contributed by atoms with Gasteiger partial charge < -0.3 is 14.8 Å². The third-order valence-electron chi connectivity index (χ3n) is 6.05. The number of aromatic nitrogens is 2. The summed E-state index contributed by atoms with van der Waals surface area (Å²) >= 11 is 0. The molecule has 1 saturated heterocycles. The zero-order chi connectivity index (χ0) is 20.4. The van der Waals surface area contributed by atoms with E-state index in [1.54, 1.807) is 13.8 Å². The molecule has 1 N–H and O–H groups in total. The maximum Gasteiger partial charge on any atom is 0.329 e. The van der Waals surface area contributed by atoms with E-state index >= 15 is 0 Å². The molecular formula is C21H22N4O4. The number of aryl methyl sites for hydroxylation is 1. The molecule has 8 heteroatoms. The number of nitrogens with one attached hydrogen (secondary N) is 1. The van der Waals surface area contributed by atoms with Gasteiger partial charge in [0, 0.05) is 5.56 Å². The lowest BCUT2D eigenvalue weighted by atomic mass is 9.74. The first kappa shape index (κ1) is 18.1. The van der Waals surface area contributed by atoms with Gasteiger partial charge in [-0.3, -0.25) is 4.79 Å². The largest absolute Gasteiger partial charge is 0.424 e. The third kappa shape index (κ3) is 2.62. The van der Waals surface area contributed by atoms with Gasteiger partial charge in [0.25, 0.3) is 5.91 Å². The van der Waals surface area contributed by atoms with Crippen LogP contribution in [0.3, 0.4) is 0 Å². The molecule has 0 bridgehead atoms. The molecule has 2 aliphatic heterocycles. The number of anilines is 1. The zero-order valence-corrected chi connectivity index (χ0v) is 16.6. The highest BCUT2D eigenvalue weighted by molar-refractivity contribution is 6.22. The van der Waals surface area contributed by atoms with Gasteiger partial charge in [0.05, 0.1) is 30.3 Å². The van der Waals surface area contributed by atoms with Gasteiger partial charge in [-0.2, -0.15) is 0 Å². The number of fused-ring (bicyclic) bond motifs is 2. The van der Waals surface area contributed by atoms with E-state index < -0.39 is 11.6 Å². The number of hydrogen-bond acceptors (Lipinski definition) is 6. The lowest BCUT2D eigenvalue weighted by molar-refractivity contribution is -0.121. The number of imide groups is 1. The van der Waals surface area contributed by atoms with Gasteiger partial charge in [-0.15, -0.1) is 0 Å². The number of ether oxygens (including phenoxy) is 2. The molecule has 150 valence electrons. The Balaban J connectivity index is 1.43. The standard InChI is InChI=1S/C21H22N4O4/c1-12-5-6-15(16-14(12)11-28-21(16)7-4-8-21)29-18-22-9-13(10-23-18)25-17(26)20(2,3)24-19(25)27/h5-6,9-10H,4,7-8,11H2,1-3H3,(H,24,27). The molecule has 3 aliphatic rings. The molecule has 1 spiro atoms. The van der Waals surface area contributed by atoms with Crippen LogP contribution in [0.4, 0.5) is 10.5 Å². The highest BCUT2D eigenvalue weighted by Gasteiger charge is 2.48. The van der Waals surface area contributed by atoms with Crippen molar-refractivity contribution in [3.63, 3.8) is 0 Å². The number of nitrogens with zero attached hydrogens (tertiary/aromatic N) is 3. The summed E-state index contributed by atoms with van der Waals surface area (Å²) in [5, 5.41) is 2.64. The van der Waals surface area contributed by atoms with E-state index in [9.17, 15) is 9.59 Å². The Kier molecular flexibility index (Phi) is 3.73. The van der Waals surface area contributed by atoms with Crippen molar-refractivity contribution < 1.29 is 19.1 Å². The highest BCUT2D eigenvalue weighted by atomic mass is 16.5. The fraction of sp³-hybridized carbons (Fsp3) is 0.429. The van der Waals surface area contributed by atoms with Crippen molar-refractivity contribution in [3.05, 3.63) is 41.2 Å². The SMILES string of the molecule is Cc1ccc(Oc2ncc(N3C(=O)NC(C)(C)C3=O)cn2)c2c1COC21CCC1. The summed E-state index contributed by atoms with van der Waals surface area (Å²) in [5.74, 6) is 0.354. The monoisotopic (exact) mass is 394 g/mol. The molecule has 0 unspecified atom stereocenters. The molecule has 5 rings (SSSR count). The van der Waals surface area contributed by atoms with Crippen LogP contribution in [0.25, 0.3) is 0 Å². The predicted molar refractivity (Wildman–Crippen MR) is 104 cm³/mol. The summed E-state index contributed by atoms with van der Waals surface area (Å²) in [6.07, 6.45) is 5.96. The van der Waals surface area contributed by atoms with Gasteiger partial charge in [-0.25, -0.2) is 19.7 Å². The quantitative estimate of drug-likeness (QED) is 0.803. The highest BCUT2D eigenvalue weighted by Crippen LogP contribution is 2.54. The van der Waals surface area contributed by atoms with Crippen molar-refractivity contribution in [2.75, 3.05) is 4.90 Å². The molecule has 2 aromatic rings. The first-order valence-corrected chi connectivity index (χ1v) is 9.74. The Hall–Kier alpha value is -3.00. The van der Waals surface area contributed by atoms with Gasteiger partial charge in [-0.1, -0.05) is 6.07 Å². The van der Waals surface area contributed by atoms with Crippen molar-refractivity contribution in [1.82, 2.24) is 15.3 Å². The fourth-order valence-corrected chi connectivity index (χ4v) is 4.23. The first-order valence-electron chi connectivity index (χ1n) is 9.74. The Labute approximate surface area is 168 Å². The van der Waals surface area contributed by atoms with Crippen molar-refractivity contribution in [3.8, 4) is 11.8 Å². The molecule has 1 aliphatic carbocycles. The third-order valence-corrected chi connectivity index (χ3v) is 6.05. The molecule has 1 aromatic carbocycles. The van der Waals surface area contributed by atoms with E-state index in [-0.39, 0.29) is 17.5 Å². The smallest absolute Gasteiger partial charge is 0.329 e. The number of amides is 3. The maximum atomic E-state index is 12.4. The number of carbonyl (C=O) groups excluding carboxylic acids is 2. The normalized spacial score (nSPS) is 21.1. The molecular weight excluding hydrogens is 372 g/mol. The summed E-state index contributed by atoms with van der Waals surface area (Å²) in [6, 6.07) is 3.61. The zero-order valence-electron chi connectivity index (χ0n) is 16.6. The second-order valence-electron chi connectivity index (χ2n) is 8.39. The van der Waals surface area contributed by atoms with Crippen molar-refractivity contribution >= 4 is 17.6 Å². The molecule has 3 heterocycles. The van der Waals surface area contributed by atoms with Crippen LogP contribution in [0.5, 0.6) is 11.8 Å². The summed E-state index contributed by atoms with van der Waals surface area (Å²) in [7, 11) is 0. The molecule has 3 amide bonds. The number of urea groups is 1. The van der Waals surface area contributed by atoms with E-state index in [4.69, 9.17) is 9.47 Å². The molecule has 29 heavy (non-hydrogen) atoms. The van der Waals surface area contributed by atoms with Crippen molar-refractivity contribution in [2.24, 2.45) is 0 Å². The van der Waals surface area contributed by atoms with Crippen LogP contribution < -0.4 is 15.0 Å².